The zero-order valence-corrected chi connectivity index (χ0v) is 16.4. The van der Waals surface area contributed by atoms with E-state index in [0.717, 1.165) is 9.13 Å². The molecule has 1 amide bonds. The Morgan fingerprint density at radius 1 is 1.20 bits per heavy atom. The summed E-state index contributed by atoms with van der Waals surface area (Å²) in [5.74, 6) is 1.46. The van der Waals surface area contributed by atoms with Gasteiger partial charge in [0.25, 0.3) is 5.91 Å². The Labute approximate surface area is 160 Å². The minimum absolute atomic E-state index is 0.345. The summed E-state index contributed by atoms with van der Waals surface area (Å²) in [7, 11) is 3.12. The number of hydrogen-bond donors (Lipinski definition) is 1. The molecular weight excluding hydrogens is 435 g/mol. The van der Waals surface area contributed by atoms with Crippen LogP contribution in [0.1, 0.15) is 22.8 Å². The van der Waals surface area contributed by atoms with Crippen LogP contribution in [0.2, 0.25) is 0 Å². The molecule has 0 atom stereocenters. The first kappa shape index (κ1) is 19.0. The molecule has 2 aromatic carbocycles. The second-order valence-electron chi connectivity index (χ2n) is 4.87. The molecule has 132 valence electrons. The van der Waals surface area contributed by atoms with Crippen LogP contribution >= 0.6 is 22.6 Å². The summed E-state index contributed by atoms with van der Waals surface area (Å²) in [5.41, 5.74) is 3.70. The highest BCUT2D eigenvalue weighted by Crippen LogP contribution is 2.33. The van der Waals surface area contributed by atoms with E-state index in [9.17, 15) is 4.79 Å². The van der Waals surface area contributed by atoms with Crippen molar-refractivity contribution in [1.29, 1.82) is 0 Å². The van der Waals surface area contributed by atoms with E-state index in [4.69, 9.17) is 14.2 Å². The quantitative estimate of drug-likeness (QED) is 0.395. The molecule has 0 bridgehead atoms. The smallest absolute Gasteiger partial charge is 0.275 e. The minimum Gasteiger partial charge on any atom is -0.496 e. The number of hydrogen-bond acceptors (Lipinski definition) is 5. The number of carbonyl (C=O) groups is 1. The fourth-order valence-corrected chi connectivity index (χ4v) is 3.03. The lowest BCUT2D eigenvalue weighted by Gasteiger charge is -2.11. The van der Waals surface area contributed by atoms with Crippen LogP contribution in [0.4, 0.5) is 0 Å². The lowest BCUT2D eigenvalue weighted by molar-refractivity contribution is 0.0952. The summed E-state index contributed by atoms with van der Waals surface area (Å²) in [6.45, 7) is 2.43. The van der Waals surface area contributed by atoms with Crippen LogP contribution in [0.25, 0.3) is 0 Å². The standard InChI is InChI=1S/C18H19IN2O4/c1-4-25-16-10-12(9-14(19)17(16)24-3)11-20-21-18(22)13-7-5-6-8-15(13)23-2/h5-11H,4H2,1-3H3,(H,21,22)/b20-11+. The van der Waals surface area contributed by atoms with Gasteiger partial charge in [0.1, 0.15) is 5.75 Å². The van der Waals surface area contributed by atoms with Crippen molar-refractivity contribution >= 4 is 34.7 Å². The van der Waals surface area contributed by atoms with Gasteiger partial charge in [-0.3, -0.25) is 4.79 Å². The van der Waals surface area contributed by atoms with E-state index in [2.05, 4.69) is 33.1 Å². The summed E-state index contributed by atoms with van der Waals surface area (Å²) in [5, 5.41) is 4.01. The number of methoxy groups -OCH3 is 2. The first-order valence-corrected chi connectivity index (χ1v) is 8.65. The number of rotatable bonds is 7. The Morgan fingerprint density at radius 2 is 1.96 bits per heavy atom. The second-order valence-corrected chi connectivity index (χ2v) is 6.03. The van der Waals surface area contributed by atoms with Crippen molar-refractivity contribution in [3.63, 3.8) is 0 Å². The van der Waals surface area contributed by atoms with Crippen molar-refractivity contribution in [2.24, 2.45) is 5.10 Å². The molecule has 0 aliphatic carbocycles. The van der Waals surface area contributed by atoms with Crippen molar-refractivity contribution in [2.75, 3.05) is 20.8 Å². The van der Waals surface area contributed by atoms with Crippen LogP contribution in [0.15, 0.2) is 41.5 Å². The number of carbonyl (C=O) groups excluding carboxylic acids is 1. The molecule has 2 rings (SSSR count). The van der Waals surface area contributed by atoms with Gasteiger partial charge in [0.2, 0.25) is 0 Å². The molecule has 0 heterocycles. The Bertz CT molecular complexity index is 778. The molecule has 2 aromatic rings. The van der Waals surface area contributed by atoms with Gasteiger partial charge in [0, 0.05) is 0 Å². The van der Waals surface area contributed by atoms with E-state index in [0.29, 0.717) is 29.4 Å². The number of nitrogens with one attached hydrogen (secondary N) is 1. The van der Waals surface area contributed by atoms with E-state index in [1.807, 2.05) is 19.1 Å². The van der Waals surface area contributed by atoms with Gasteiger partial charge in [-0.25, -0.2) is 5.43 Å². The maximum atomic E-state index is 12.2. The summed E-state index contributed by atoms with van der Waals surface area (Å²) in [6, 6.07) is 10.7. The molecule has 25 heavy (non-hydrogen) atoms. The molecule has 0 fully saturated rings. The highest BCUT2D eigenvalue weighted by atomic mass is 127. The van der Waals surface area contributed by atoms with Crippen molar-refractivity contribution in [3.8, 4) is 17.2 Å². The topological polar surface area (TPSA) is 69.2 Å². The van der Waals surface area contributed by atoms with Gasteiger partial charge in [-0.05, 0) is 59.3 Å². The lowest BCUT2D eigenvalue weighted by Crippen LogP contribution is -2.18. The third kappa shape index (κ3) is 4.85. The molecule has 0 spiro atoms. The number of halogens is 1. The summed E-state index contributed by atoms with van der Waals surface area (Å²) in [4.78, 5) is 12.2. The SMILES string of the molecule is CCOc1cc(/C=N/NC(=O)c2ccccc2OC)cc(I)c1OC. The van der Waals surface area contributed by atoms with Crippen LogP contribution in [0, 0.1) is 3.57 Å². The van der Waals surface area contributed by atoms with E-state index in [1.54, 1.807) is 37.6 Å². The van der Waals surface area contributed by atoms with Crippen LogP contribution in [-0.4, -0.2) is 32.9 Å². The van der Waals surface area contributed by atoms with Crippen molar-refractivity contribution in [3.05, 3.63) is 51.1 Å². The molecular formula is C18H19IN2O4. The maximum Gasteiger partial charge on any atom is 0.275 e. The molecule has 6 nitrogen and oxygen atoms in total. The zero-order valence-electron chi connectivity index (χ0n) is 14.2. The van der Waals surface area contributed by atoms with Gasteiger partial charge in [-0.1, -0.05) is 12.1 Å². The lowest BCUT2D eigenvalue weighted by atomic mass is 10.2. The van der Waals surface area contributed by atoms with E-state index in [1.165, 1.54) is 7.11 Å². The predicted octanol–water partition coefficient (Wildman–Crippen LogP) is 3.47. The molecule has 0 unspecified atom stereocenters. The summed E-state index contributed by atoms with van der Waals surface area (Å²) >= 11 is 2.16. The van der Waals surface area contributed by atoms with Crippen LogP contribution in [0.5, 0.6) is 17.2 Å². The highest BCUT2D eigenvalue weighted by molar-refractivity contribution is 14.1. The number of benzene rings is 2. The summed E-state index contributed by atoms with van der Waals surface area (Å²) < 4.78 is 17.0. The average Bonchev–Trinajstić information content (AvgIpc) is 2.61. The fraction of sp³-hybridized carbons (Fsp3) is 0.222. The largest absolute Gasteiger partial charge is 0.496 e. The van der Waals surface area contributed by atoms with Crippen molar-refractivity contribution in [2.45, 2.75) is 6.92 Å². The Morgan fingerprint density at radius 3 is 2.64 bits per heavy atom. The molecule has 0 saturated heterocycles. The number of ether oxygens (including phenoxy) is 3. The molecule has 0 saturated carbocycles. The van der Waals surface area contributed by atoms with Crippen molar-refractivity contribution in [1.82, 2.24) is 5.43 Å². The molecule has 7 heteroatoms. The van der Waals surface area contributed by atoms with Gasteiger partial charge < -0.3 is 14.2 Å². The normalized spacial score (nSPS) is 10.6. The molecule has 0 aliphatic heterocycles. The second kappa shape index (κ2) is 9.26. The molecule has 0 radical (unpaired) electrons. The first-order valence-electron chi connectivity index (χ1n) is 7.57. The van der Waals surface area contributed by atoms with Crippen LogP contribution in [0.3, 0.4) is 0 Å². The predicted molar refractivity (Wildman–Crippen MR) is 105 cm³/mol. The zero-order chi connectivity index (χ0) is 18.2. The maximum absolute atomic E-state index is 12.2. The van der Waals surface area contributed by atoms with Crippen molar-refractivity contribution < 1.29 is 19.0 Å². The number of amides is 1. The Hall–Kier alpha value is -2.29. The third-order valence-electron chi connectivity index (χ3n) is 3.27. The first-order chi connectivity index (χ1) is 12.1. The highest BCUT2D eigenvalue weighted by Gasteiger charge is 2.12. The van der Waals surface area contributed by atoms with E-state index < -0.39 is 0 Å². The van der Waals surface area contributed by atoms with Gasteiger partial charge >= 0.3 is 0 Å². The Kier molecular flexibility index (Phi) is 7.05. The molecule has 0 aromatic heterocycles. The van der Waals surface area contributed by atoms with Crippen LogP contribution in [-0.2, 0) is 0 Å². The number of hydrazone groups is 1. The summed E-state index contributed by atoms with van der Waals surface area (Å²) in [6.07, 6.45) is 1.55. The van der Waals surface area contributed by atoms with Gasteiger partial charge in [-0.15, -0.1) is 0 Å². The van der Waals surface area contributed by atoms with Gasteiger partial charge in [-0.2, -0.15) is 5.10 Å². The van der Waals surface area contributed by atoms with Gasteiger partial charge in [0.05, 0.1) is 36.2 Å². The fourth-order valence-electron chi connectivity index (χ4n) is 2.18. The average molecular weight is 454 g/mol. The molecule has 0 aliphatic rings. The van der Waals surface area contributed by atoms with E-state index in [-0.39, 0.29) is 5.91 Å². The number of nitrogens with zero attached hydrogens (tertiary/aromatic N) is 1. The van der Waals surface area contributed by atoms with E-state index >= 15 is 0 Å². The van der Waals surface area contributed by atoms with Gasteiger partial charge in [0.15, 0.2) is 11.5 Å². The Balaban J connectivity index is 2.15. The molecule has 1 N–H and O–H groups in total. The minimum atomic E-state index is -0.345. The van der Waals surface area contributed by atoms with Crippen LogP contribution < -0.4 is 19.6 Å². The third-order valence-corrected chi connectivity index (χ3v) is 4.07. The number of para-hydroxylation sites is 1. The monoisotopic (exact) mass is 454 g/mol.